The lowest BCUT2D eigenvalue weighted by Gasteiger charge is -1.98. The van der Waals surface area contributed by atoms with Crippen molar-refractivity contribution in [1.29, 1.82) is 0 Å². The zero-order valence-electron chi connectivity index (χ0n) is 10.00. The first-order valence-electron chi connectivity index (χ1n) is 5.60. The van der Waals surface area contributed by atoms with E-state index in [2.05, 4.69) is 4.99 Å². The predicted octanol–water partition coefficient (Wildman–Crippen LogP) is 3.29. The van der Waals surface area contributed by atoms with Crippen LogP contribution in [0.5, 0.6) is 5.75 Å². The number of hydrogen-bond donors (Lipinski definition) is 1. The third-order valence-corrected chi connectivity index (χ3v) is 2.54. The van der Waals surface area contributed by atoms with Gasteiger partial charge < -0.3 is 5.11 Å². The maximum atomic E-state index is 11.8. The molecule has 0 unspecified atom stereocenters. The van der Waals surface area contributed by atoms with Gasteiger partial charge in [-0.2, -0.15) is 0 Å². The molecule has 2 rings (SSSR count). The molecule has 0 aliphatic rings. The van der Waals surface area contributed by atoms with Gasteiger partial charge in [0.05, 0.1) is 6.21 Å². The molecule has 0 heterocycles. The van der Waals surface area contributed by atoms with Crippen molar-refractivity contribution in [1.82, 2.24) is 0 Å². The molecule has 1 N–H and O–H groups in total. The lowest BCUT2D eigenvalue weighted by molar-refractivity contribution is 0.107. The van der Waals surface area contributed by atoms with Crippen molar-refractivity contribution in [3.05, 3.63) is 59.7 Å². The van der Waals surface area contributed by atoms with Crippen LogP contribution < -0.4 is 0 Å². The summed E-state index contributed by atoms with van der Waals surface area (Å²) >= 11 is 0. The molecule has 0 saturated carbocycles. The van der Waals surface area contributed by atoms with Crippen LogP contribution in [0.2, 0.25) is 0 Å². The number of ketones is 1. The summed E-state index contributed by atoms with van der Waals surface area (Å²) in [7, 11) is 0. The van der Waals surface area contributed by atoms with Crippen LogP contribution in [-0.2, 0) is 0 Å². The Balaban J connectivity index is 2.17. The van der Waals surface area contributed by atoms with Gasteiger partial charge in [-0.25, -0.2) is 4.99 Å². The molecular formula is C15H13NO2. The van der Waals surface area contributed by atoms with E-state index in [4.69, 9.17) is 0 Å². The number of phenolic OH excluding ortho intramolecular Hbond substituents is 1. The van der Waals surface area contributed by atoms with Crippen LogP contribution >= 0.6 is 0 Å². The minimum atomic E-state index is -0.182. The summed E-state index contributed by atoms with van der Waals surface area (Å²) in [6.45, 7) is 1.96. The highest BCUT2D eigenvalue weighted by molar-refractivity contribution is 6.35. The number of aryl methyl sites for hydroxylation is 1. The molecule has 0 atom stereocenters. The molecule has 0 bridgehead atoms. The van der Waals surface area contributed by atoms with Gasteiger partial charge in [0, 0.05) is 5.56 Å². The number of aromatic hydroxyl groups is 1. The first-order valence-corrected chi connectivity index (χ1v) is 5.60. The Morgan fingerprint density at radius 2 is 1.78 bits per heavy atom. The molecule has 0 spiro atoms. The van der Waals surface area contributed by atoms with Crippen molar-refractivity contribution >= 4 is 17.7 Å². The number of hydrogen-bond acceptors (Lipinski definition) is 3. The Morgan fingerprint density at radius 3 is 2.44 bits per heavy atom. The summed E-state index contributed by atoms with van der Waals surface area (Å²) in [5, 5.41) is 9.51. The van der Waals surface area contributed by atoms with Gasteiger partial charge in [0.1, 0.15) is 11.4 Å². The molecule has 0 radical (unpaired) electrons. The number of nitrogens with zero attached hydrogens (tertiary/aromatic N) is 1. The number of aliphatic imine (C=N–C) groups is 1. The molecule has 0 aromatic heterocycles. The maximum Gasteiger partial charge on any atom is 0.204 e. The number of phenols is 1. The number of para-hydroxylation sites is 2. The monoisotopic (exact) mass is 239 g/mol. The topological polar surface area (TPSA) is 49.7 Å². The molecule has 18 heavy (non-hydrogen) atoms. The molecule has 90 valence electrons. The van der Waals surface area contributed by atoms with Crippen LogP contribution in [0.4, 0.5) is 5.69 Å². The Kier molecular flexibility index (Phi) is 3.53. The lowest BCUT2D eigenvalue weighted by Crippen LogP contribution is -1.99. The van der Waals surface area contributed by atoms with E-state index in [9.17, 15) is 9.90 Å². The fourth-order valence-electron chi connectivity index (χ4n) is 1.49. The number of benzene rings is 2. The third kappa shape index (κ3) is 2.83. The molecule has 3 nitrogen and oxygen atoms in total. The molecular weight excluding hydrogens is 226 g/mol. The molecule has 2 aromatic rings. The number of carbonyl (C=O) groups excluding carboxylic acids is 1. The second-order valence-electron chi connectivity index (χ2n) is 3.98. The first kappa shape index (κ1) is 12.0. The number of Topliss-reactive ketones (excluding diaryl/α,β-unsaturated/α-hetero) is 1. The quantitative estimate of drug-likeness (QED) is 0.660. The van der Waals surface area contributed by atoms with E-state index in [1.165, 1.54) is 12.3 Å². The first-order chi connectivity index (χ1) is 8.66. The lowest BCUT2D eigenvalue weighted by atomic mass is 10.1. The normalized spacial score (nSPS) is 10.7. The van der Waals surface area contributed by atoms with Crippen molar-refractivity contribution in [3.63, 3.8) is 0 Å². The maximum absolute atomic E-state index is 11.8. The summed E-state index contributed by atoms with van der Waals surface area (Å²) in [6, 6.07) is 13.9. The van der Waals surface area contributed by atoms with Gasteiger partial charge in [-0.3, -0.25) is 4.79 Å². The van der Waals surface area contributed by atoms with E-state index in [0.29, 0.717) is 11.3 Å². The van der Waals surface area contributed by atoms with E-state index in [1.807, 2.05) is 19.1 Å². The zero-order chi connectivity index (χ0) is 13.0. The van der Waals surface area contributed by atoms with Gasteiger partial charge in [-0.05, 0) is 19.1 Å². The van der Waals surface area contributed by atoms with Crippen LogP contribution in [0.3, 0.4) is 0 Å². The summed E-state index contributed by atoms with van der Waals surface area (Å²) in [5.74, 6) is -0.122. The van der Waals surface area contributed by atoms with Gasteiger partial charge in [-0.1, -0.05) is 42.0 Å². The number of rotatable bonds is 3. The summed E-state index contributed by atoms with van der Waals surface area (Å²) in [6.07, 6.45) is 1.22. The van der Waals surface area contributed by atoms with Gasteiger partial charge in [0.15, 0.2) is 0 Å². The van der Waals surface area contributed by atoms with Crippen molar-refractivity contribution in [3.8, 4) is 5.75 Å². The second-order valence-corrected chi connectivity index (χ2v) is 3.98. The Bertz CT molecular complexity index is 586. The van der Waals surface area contributed by atoms with Crippen LogP contribution in [0, 0.1) is 6.92 Å². The minimum Gasteiger partial charge on any atom is -0.506 e. The largest absolute Gasteiger partial charge is 0.506 e. The predicted molar refractivity (Wildman–Crippen MR) is 71.8 cm³/mol. The molecule has 0 fully saturated rings. The summed E-state index contributed by atoms with van der Waals surface area (Å²) in [4.78, 5) is 15.8. The Morgan fingerprint density at radius 1 is 1.11 bits per heavy atom. The van der Waals surface area contributed by atoms with Crippen molar-refractivity contribution in [2.24, 2.45) is 4.99 Å². The van der Waals surface area contributed by atoms with Crippen molar-refractivity contribution < 1.29 is 9.90 Å². The second kappa shape index (κ2) is 5.27. The molecule has 0 amide bonds. The highest BCUT2D eigenvalue weighted by Gasteiger charge is 2.02. The summed E-state index contributed by atoms with van der Waals surface area (Å²) in [5.41, 5.74) is 2.07. The van der Waals surface area contributed by atoms with E-state index in [0.717, 1.165) is 5.56 Å². The van der Waals surface area contributed by atoms with Crippen LogP contribution in [0.1, 0.15) is 15.9 Å². The van der Waals surface area contributed by atoms with Crippen molar-refractivity contribution in [2.45, 2.75) is 6.92 Å². The zero-order valence-corrected chi connectivity index (χ0v) is 10.00. The van der Waals surface area contributed by atoms with E-state index >= 15 is 0 Å². The average Bonchev–Trinajstić information content (AvgIpc) is 2.38. The van der Waals surface area contributed by atoms with Gasteiger partial charge >= 0.3 is 0 Å². The summed E-state index contributed by atoms with van der Waals surface area (Å²) < 4.78 is 0. The highest BCUT2D eigenvalue weighted by atomic mass is 16.3. The highest BCUT2D eigenvalue weighted by Crippen LogP contribution is 2.24. The van der Waals surface area contributed by atoms with E-state index < -0.39 is 0 Å². The van der Waals surface area contributed by atoms with E-state index in [-0.39, 0.29) is 11.5 Å². The molecule has 3 heteroatoms. The molecule has 0 saturated heterocycles. The standard InChI is InChI=1S/C15H13NO2/c1-11-6-8-12(9-7-11)15(18)10-16-13-4-2-3-5-14(13)17/h2-10,17H,1H3. The van der Waals surface area contributed by atoms with Crippen LogP contribution in [0.15, 0.2) is 53.5 Å². The fraction of sp³-hybridized carbons (Fsp3) is 0.0667. The molecule has 2 aromatic carbocycles. The molecule has 0 aliphatic heterocycles. The third-order valence-electron chi connectivity index (χ3n) is 2.54. The fourth-order valence-corrected chi connectivity index (χ4v) is 1.49. The SMILES string of the molecule is Cc1ccc(C(=O)C=Nc2ccccc2O)cc1. The Labute approximate surface area is 105 Å². The smallest absolute Gasteiger partial charge is 0.204 e. The van der Waals surface area contributed by atoms with Gasteiger partial charge in [-0.15, -0.1) is 0 Å². The van der Waals surface area contributed by atoms with Gasteiger partial charge in [0.2, 0.25) is 5.78 Å². The Hall–Kier alpha value is -2.42. The van der Waals surface area contributed by atoms with Gasteiger partial charge in [0.25, 0.3) is 0 Å². The van der Waals surface area contributed by atoms with Crippen LogP contribution in [-0.4, -0.2) is 17.1 Å². The minimum absolute atomic E-state index is 0.0606. The van der Waals surface area contributed by atoms with Crippen LogP contribution in [0.25, 0.3) is 0 Å². The average molecular weight is 239 g/mol. The van der Waals surface area contributed by atoms with E-state index in [1.54, 1.807) is 30.3 Å². The molecule has 0 aliphatic carbocycles. The van der Waals surface area contributed by atoms with Crippen molar-refractivity contribution in [2.75, 3.05) is 0 Å². The number of carbonyl (C=O) groups is 1.